The molecule has 3 heterocycles. The summed E-state index contributed by atoms with van der Waals surface area (Å²) in [5, 5.41) is 9.06. The second kappa shape index (κ2) is 7.09. The minimum Gasteiger partial charge on any atom is -0.481 e. The van der Waals surface area contributed by atoms with Crippen LogP contribution in [0.3, 0.4) is 0 Å². The molecule has 0 bridgehead atoms. The van der Waals surface area contributed by atoms with Gasteiger partial charge in [-0.3, -0.25) is 9.59 Å². The van der Waals surface area contributed by atoms with Crippen molar-refractivity contribution < 1.29 is 19.1 Å². The van der Waals surface area contributed by atoms with Gasteiger partial charge in [0, 0.05) is 18.1 Å². The standard InChI is InChI=1S/C17H18N2O4S/c1-11-13(4-5-14(18-11)15-3-2-7-23-15)17(22)19-6-8-24-10-12(19)9-16(20)21/h2-5,7,12H,6,8-10H2,1H3,(H,20,21). The first kappa shape index (κ1) is 16.6. The summed E-state index contributed by atoms with van der Waals surface area (Å²) in [6, 6.07) is 6.81. The first-order valence-electron chi connectivity index (χ1n) is 7.68. The number of carbonyl (C=O) groups excluding carboxylic acids is 1. The second-order valence-corrected chi connectivity index (χ2v) is 6.78. The third-order valence-electron chi connectivity index (χ3n) is 3.99. The molecule has 0 saturated carbocycles. The van der Waals surface area contributed by atoms with E-state index >= 15 is 0 Å². The molecule has 0 aromatic carbocycles. The molecule has 1 unspecified atom stereocenters. The molecule has 1 aliphatic rings. The zero-order valence-electron chi connectivity index (χ0n) is 13.3. The molecular formula is C17H18N2O4S. The molecule has 1 amide bonds. The number of aromatic nitrogens is 1. The maximum absolute atomic E-state index is 12.9. The highest BCUT2D eigenvalue weighted by Gasteiger charge is 2.30. The van der Waals surface area contributed by atoms with Gasteiger partial charge in [-0.25, -0.2) is 4.98 Å². The molecule has 6 nitrogen and oxygen atoms in total. The Morgan fingerprint density at radius 2 is 2.25 bits per heavy atom. The van der Waals surface area contributed by atoms with E-state index in [1.807, 2.05) is 6.07 Å². The number of aliphatic carboxylic acids is 1. The van der Waals surface area contributed by atoms with Crippen LogP contribution >= 0.6 is 11.8 Å². The van der Waals surface area contributed by atoms with E-state index in [0.717, 1.165) is 5.75 Å². The number of thioether (sulfide) groups is 1. The first-order valence-corrected chi connectivity index (χ1v) is 8.84. The summed E-state index contributed by atoms with van der Waals surface area (Å²) in [6.07, 6.45) is 1.54. The van der Waals surface area contributed by atoms with Crippen molar-refractivity contribution in [1.29, 1.82) is 0 Å². The maximum Gasteiger partial charge on any atom is 0.305 e. The number of furan rings is 1. The molecule has 1 fully saturated rings. The largest absolute Gasteiger partial charge is 0.481 e. The fourth-order valence-electron chi connectivity index (χ4n) is 2.80. The third-order valence-corrected chi connectivity index (χ3v) is 5.08. The van der Waals surface area contributed by atoms with E-state index in [2.05, 4.69) is 4.98 Å². The monoisotopic (exact) mass is 346 g/mol. The number of hydrogen-bond donors (Lipinski definition) is 1. The van der Waals surface area contributed by atoms with Crippen molar-refractivity contribution >= 4 is 23.6 Å². The van der Waals surface area contributed by atoms with Crippen LogP contribution in [0.5, 0.6) is 0 Å². The number of pyridine rings is 1. The summed E-state index contributed by atoms with van der Waals surface area (Å²) in [4.78, 5) is 30.0. The molecule has 2 aromatic heterocycles. The third kappa shape index (κ3) is 3.46. The number of rotatable bonds is 4. The quantitative estimate of drug-likeness (QED) is 0.916. The predicted molar refractivity (Wildman–Crippen MR) is 91.1 cm³/mol. The van der Waals surface area contributed by atoms with Gasteiger partial charge < -0.3 is 14.4 Å². The maximum atomic E-state index is 12.9. The highest BCUT2D eigenvalue weighted by atomic mass is 32.2. The molecule has 2 aromatic rings. The summed E-state index contributed by atoms with van der Waals surface area (Å²) in [6.45, 7) is 2.34. The van der Waals surface area contributed by atoms with E-state index in [0.29, 0.717) is 35.0 Å². The van der Waals surface area contributed by atoms with Gasteiger partial charge in [-0.2, -0.15) is 11.8 Å². The summed E-state index contributed by atoms with van der Waals surface area (Å²) in [7, 11) is 0. The van der Waals surface area contributed by atoms with Crippen LogP contribution < -0.4 is 0 Å². The molecule has 24 heavy (non-hydrogen) atoms. The molecule has 1 atom stereocenters. The molecule has 0 spiro atoms. The molecule has 0 radical (unpaired) electrons. The molecule has 7 heteroatoms. The van der Waals surface area contributed by atoms with Crippen LogP contribution in [0.4, 0.5) is 0 Å². The van der Waals surface area contributed by atoms with Crippen LogP contribution in [0.25, 0.3) is 11.5 Å². The normalized spacial score (nSPS) is 17.7. The molecule has 126 valence electrons. The average Bonchev–Trinajstić information content (AvgIpc) is 3.08. The molecule has 1 aliphatic heterocycles. The summed E-state index contributed by atoms with van der Waals surface area (Å²) in [5.41, 5.74) is 1.79. The van der Waals surface area contributed by atoms with E-state index in [4.69, 9.17) is 9.52 Å². The molecular weight excluding hydrogens is 328 g/mol. The highest BCUT2D eigenvalue weighted by molar-refractivity contribution is 7.99. The van der Waals surface area contributed by atoms with Crippen molar-refractivity contribution in [3.8, 4) is 11.5 Å². The number of nitrogens with zero attached hydrogens (tertiary/aromatic N) is 2. The lowest BCUT2D eigenvalue weighted by Crippen LogP contribution is -2.47. The Morgan fingerprint density at radius 3 is 2.92 bits per heavy atom. The van der Waals surface area contributed by atoms with E-state index in [9.17, 15) is 9.59 Å². The van der Waals surface area contributed by atoms with Crippen molar-refractivity contribution in [3.05, 3.63) is 41.8 Å². The highest BCUT2D eigenvalue weighted by Crippen LogP contribution is 2.24. The van der Waals surface area contributed by atoms with Gasteiger partial charge in [0.25, 0.3) is 5.91 Å². The Balaban J connectivity index is 1.84. The Morgan fingerprint density at radius 1 is 1.42 bits per heavy atom. The lowest BCUT2D eigenvalue weighted by Gasteiger charge is -2.34. The van der Waals surface area contributed by atoms with Crippen molar-refractivity contribution in [2.45, 2.75) is 19.4 Å². The van der Waals surface area contributed by atoms with Gasteiger partial charge in [0.05, 0.1) is 30.0 Å². The Hall–Kier alpha value is -2.28. The first-order chi connectivity index (χ1) is 11.6. The van der Waals surface area contributed by atoms with Gasteiger partial charge in [-0.1, -0.05) is 0 Å². The van der Waals surface area contributed by atoms with Gasteiger partial charge in [-0.05, 0) is 31.2 Å². The minimum atomic E-state index is -0.886. The van der Waals surface area contributed by atoms with E-state index in [1.54, 1.807) is 48.0 Å². The fourth-order valence-corrected chi connectivity index (χ4v) is 3.86. The smallest absolute Gasteiger partial charge is 0.305 e. The zero-order chi connectivity index (χ0) is 17.1. The van der Waals surface area contributed by atoms with Crippen LogP contribution in [0, 0.1) is 6.92 Å². The van der Waals surface area contributed by atoms with Crippen LogP contribution in [0.1, 0.15) is 22.5 Å². The molecule has 1 N–H and O–H groups in total. The number of carbonyl (C=O) groups is 2. The van der Waals surface area contributed by atoms with Crippen molar-refractivity contribution in [2.75, 3.05) is 18.1 Å². The summed E-state index contributed by atoms with van der Waals surface area (Å²) >= 11 is 1.68. The van der Waals surface area contributed by atoms with Crippen LogP contribution in [-0.2, 0) is 4.79 Å². The van der Waals surface area contributed by atoms with Crippen molar-refractivity contribution in [2.24, 2.45) is 0 Å². The molecule has 3 rings (SSSR count). The number of amides is 1. The van der Waals surface area contributed by atoms with E-state index in [-0.39, 0.29) is 18.4 Å². The zero-order valence-corrected chi connectivity index (χ0v) is 14.1. The van der Waals surface area contributed by atoms with E-state index < -0.39 is 5.97 Å². The van der Waals surface area contributed by atoms with Crippen molar-refractivity contribution in [1.82, 2.24) is 9.88 Å². The minimum absolute atomic E-state index is 0.0320. The topological polar surface area (TPSA) is 83.6 Å². The summed E-state index contributed by atoms with van der Waals surface area (Å²) < 4.78 is 5.33. The average molecular weight is 346 g/mol. The lowest BCUT2D eigenvalue weighted by molar-refractivity contribution is -0.138. The molecule has 0 aliphatic carbocycles. The SMILES string of the molecule is Cc1nc(-c2ccco2)ccc1C(=O)N1CCSCC1CC(=O)O. The Labute approximate surface area is 143 Å². The lowest BCUT2D eigenvalue weighted by atomic mass is 10.1. The summed E-state index contributed by atoms with van der Waals surface area (Å²) in [5.74, 6) is 1.07. The van der Waals surface area contributed by atoms with Gasteiger partial charge in [0.1, 0.15) is 5.69 Å². The van der Waals surface area contributed by atoms with Crippen LogP contribution in [0.15, 0.2) is 34.9 Å². The number of carboxylic acids is 1. The Kier molecular flexibility index (Phi) is 4.89. The molecule has 1 saturated heterocycles. The Bertz CT molecular complexity index is 745. The number of hydrogen-bond acceptors (Lipinski definition) is 5. The van der Waals surface area contributed by atoms with Crippen LogP contribution in [0.2, 0.25) is 0 Å². The van der Waals surface area contributed by atoms with Gasteiger partial charge in [-0.15, -0.1) is 0 Å². The van der Waals surface area contributed by atoms with Gasteiger partial charge in [0.2, 0.25) is 0 Å². The van der Waals surface area contributed by atoms with E-state index in [1.165, 1.54) is 0 Å². The second-order valence-electron chi connectivity index (χ2n) is 5.63. The number of carboxylic acid groups (broad SMARTS) is 1. The predicted octanol–water partition coefficient (Wildman–Crippen LogP) is 2.68. The van der Waals surface area contributed by atoms with Crippen LogP contribution in [-0.4, -0.2) is 51.0 Å². The number of aryl methyl sites for hydroxylation is 1. The van der Waals surface area contributed by atoms with Gasteiger partial charge in [0.15, 0.2) is 5.76 Å². The van der Waals surface area contributed by atoms with Crippen molar-refractivity contribution in [3.63, 3.8) is 0 Å². The van der Waals surface area contributed by atoms with Gasteiger partial charge >= 0.3 is 5.97 Å². The fraction of sp³-hybridized carbons (Fsp3) is 0.353.